The van der Waals surface area contributed by atoms with Gasteiger partial charge in [-0.25, -0.2) is 0 Å². The van der Waals surface area contributed by atoms with Crippen LogP contribution in [0.1, 0.15) is 53.9 Å². The van der Waals surface area contributed by atoms with Crippen molar-refractivity contribution in [1.82, 2.24) is 10.2 Å². The number of ether oxygens (including phenoxy) is 1. The van der Waals surface area contributed by atoms with Crippen molar-refractivity contribution >= 4 is 11.8 Å². The van der Waals surface area contributed by atoms with Crippen LogP contribution in [0.3, 0.4) is 0 Å². The summed E-state index contributed by atoms with van der Waals surface area (Å²) < 4.78 is 5.21. The fourth-order valence-electron chi connectivity index (χ4n) is 3.60. The number of hydrogen-bond donors (Lipinski definition) is 2. The summed E-state index contributed by atoms with van der Waals surface area (Å²) in [6.45, 7) is 11.5. The highest BCUT2D eigenvalue weighted by Gasteiger charge is 2.48. The Morgan fingerprint density at radius 2 is 1.77 bits per heavy atom. The highest BCUT2D eigenvalue weighted by atomic mass is 16.5. The third-order valence-corrected chi connectivity index (χ3v) is 4.09. The van der Waals surface area contributed by atoms with Gasteiger partial charge in [0.2, 0.25) is 0 Å². The summed E-state index contributed by atoms with van der Waals surface area (Å²) in [5, 5.41) is 2.68. The van der Waals surface area contributed by atoms with E-state index >= 15 is 0 Å². The molecule has 0 spiro atoms. The van der Waals surface area contributed by atoms with Gasteiger partial charge in [0.1, 0.15) is 0 Å². The van der Waals surface area contributed by atoms with Gasteiger partial charge in [-0.3, -0.25) is 9.59 Å². The summed E-state index contributed by atoms with van der Waals surface area (Å²) in [6, 6.07) is 0.0447. The van der Waals surface area contributed by atoms with Gasteiger partial charge < -0.3 is 20.7 Å². The molecule has 0 unspecified atom stereocenters. The van der Waals surface area contributed by atoms with Crippen molar-refractivity contribution in [3.63, 3.8) is 0 Å². The normalized spacial score (nSPS) is 20.7. The molecule has 1 fully saturated rings. The predicted octanol–water partition coefficient (Wildman–Crippen LogP) is 1.04. The van der Waals surface area contributed by atoms with Gasteiger partial charge in [0.05, 0.1) is 0 Å². The van der Waals surface area contributed by atoms with Gasteiger partial charge in [-0.15, -0.1) is 0 Å². The van der Waals surface area contributed by atoms with Crippen molar-refractivity contribution in [1.29, 1.82) is 0 Å². The van der Waals surface area contributed by atoms with Crippen LogP contribution in [0.25, 0.3) is 0 Å². The lowest BCUT2D eigenvalue weighted by Crippen LogP contribution is -2.67. The van der Waals surface area contributed by atoms with E-state index in [0.29, 0.717) is 39.0 Å². The molecule has 0 aromatic carbocycles. The number of nitrogens with zero attached hydrogens (tertiary/aromatic N) is 1. The Morgan fingerprint density at radius 1 is 1.23 bits per heavy atom. The molecule has 22 heavy (non-hydrogen) atoms. The molecule has 6 nitrogen and oxygen atoms in total. The number of carbonyl (C=O) groups excluding carboxylic acids is 2. The van der Waals surface area contributed by atoms with E-state index in [1.807, 2.05) is 34.6 Å². The first-order chi connectivity index (χ1) is 10.1. The van der Waals surface area contributed by atoms with Gasteiger partial charge in [0.15, 0.2) is 0 Å². The van der Waals surface area contributed by atoms with E-state index in [0.717, 1.165) is 0 Å². The first-order valence-electron chi connectivity index (χ1n) is 8.07. The monoisotopic (exact) mass is 313 g/mol. The molecule has 3 N–H and O–H groups in total. The molecule has 2 amide bonds. The van der Waals surface area contributed by atoms with E-state index < -0.39 is 22.9 Å². The second kappa shape index (κ2) is 7.42. The average Bonchev–Trinajstić information content (AvgIpc) is 2.34. The van der Waals surface area contributed by atoms with Gasteiger partial charge in [0.25, 0.3) is 0 Å². The van der Waals surface area contributed by atoms with Crippen LogP contribution in [0.2, 0.25) is 0 Å². The number of nitrogens with two attached hydrogens (primary N) is 1. The SMILES string of the molecule is CCOCCCNC(=O)C(=O)N1C(C)(C)CC(N)CC1(C)C. The van der Waals surface area contributed by atoms with Crippen LogP contribution in [0, 0.1) is 0 Å². The number of hydrogen-bond acceptors (Lipinski definition) is 4. The lowest BCUT2D eigenvalue weighted by atomic mass is 9.77. The van der Waals surface area contributed by atoms with Gasteiger partial charge in [0, 0.05) is 36.9 Å². The molecule has 1 aliphatic rings. The lowest BCUT2D eigenvalue weighted by molar-refractivity contribution is -0.159. The standard InChI is InChI=1S/C16H31N3O3/c1-6-22-9-7-8-18-13(20)14(21)19-15(2,3)10-12(17)11-16(19,4)5/h12H,6-11,17H2,1-5H3,(H,18,20). The summed E-state index contributed by atoms with van der Waals surface area (Å²) in [7, 11) is 0. The summed E-state index contributed by atoms with van der Waals surface area (Å²) in [4.78, 5) is 26.5. The van der Waals surface area contributed by atoms with Crippen molar-refractivity contribution in [2.24, 2.45) is 5.73 Å². The molecule has 0 aromatic heterocycles. The molecule has 0 saturated carbocycles. The van der Waals surface area contributed by atoms with Crippen molar-refractivity contribution in [2.75, 3.05) is 19.8 Å². The number of nitrogens with one attached hydrogen (secondary N) is 1. The molecule has 0 aliphatic carbocycles. The van der Waals surface area contributed by atoms with Crippen molar-refractivity contribution in [3.05, 3.63) is 0 Å². The van der Waals surface area contributed by atoms with Crippen molar-refractivity contribution < 1.29 is 14.3 Å². The summed E-state index contributed by atoms with van der Waals surface area (Å²) in [6.07, 6.45) is 2.09. The fraction of sp³-hybridized carbons (Fsp3) is 0.875. The van der Waals surface area contributed by atoms with Crippen LogP contribution in [0.4, 0.5) is 0 Å². The van der Waals surface area contributed by atoms with E-state index in [2.05, 4.69) is 5.32 Å². The Hall–Kier alpha value is -1.14. The summed E-state index contributed by atoms with van der Waals surface area (Å²) in [5.41, 5.74) is 5.24. The Bertz CT molecular complexity index is 389. The molecule has 1 saturated heterocycles. The van der Waals surface area contributed by atoms with Crippen LogP contribution < -0.4 is 11.1 Å². The van der Waals surface area contributed by atoms with Crippen LogP contribution in [-0.2, 0) is 14.3 Å². The number of amides is 2. The number of likely N-dealkylation sites (tertiary alicyclic amines) is 1. The van der Waals surface area contributed by atoms with Crippen molar-refractivity contribution in [2.45, 2.75) is 71.0 Å². The Balaban J connectivity index is 2.67. The Morgan fingerprint density at radius 3 is 2.27 bits per heavy atom. The Kier molecular flexibility index (Phi) is 6.38. The largest absolute Gasteiger partial charge is 0.382 e. The zero-order chi connectivity index (χ0) is 17.0. The maximum Gasteiger partial charge on any atom is 0.312 e. The molecule has 1 rings (SSSR count). The average molecular weight is 313 g/mol. The molecular weight excluding hydrogens is 282 g/mol. The van der Waals surface area contributed by atoms with Crippen LogP contribution in [-0.4, -0.2) is 53.6 Å². The molecule has 0 aromatic rings. The third-order valence-electron chi connectivity index (χ3n) is 4.09. The Labute approximate surface area is 133 Å². The smallest absolute Gasteiger partial charge is 0.312 e. The third kappa shape index (κ3) is 4.68. The number of piperidine rings is 1. The summed E-state index contributed by atoms with van der Waals surface area (Å²) >= 11 is 0. The van der Waals surface area contributed by atoms with E-state index in [4.69, 9.17) is 10.5 Å². The van der Waals surface area contributed by atoms with E-state index in [9.17, 15) is 9.59 Å². The molecule has 0 atom stereocenters. The molecule has 1 aliphatic heterocycles. The first kappa shape index (κ1) is 18.9. The van der Waals surface area contributed by atoms with Gasteiger partial charge in [-0.1, -0.05) is 0 Å². The highest BCUT2D eigenvalue weighted by Crippen LogP contribution is 2.37. The minimum Gasteiger partial charge on any atom is -0.382 e. The number of rotatable bonds is 5. The predicted molar refractivity (Wildman–Crippen MR) is 86.3 cm³/mol. The fourth-order valence-corrected chi connectivity index (χ4v) is 3.60. The highest BCUT2D eigenvalue weighted by molar-refractivity contribution is 6.35. The summed E-state index contributed by atoms with van der Waals surface area (Å²) in [5.74, 6) is -1.02. The maximum atomic E-state index is 12.6. The number of carbonyl (C=O) groups is 2. The van der Waals surface area contributed by atoms with Gasteiger partial charge in [-0.05, 0) is 53.9 Å². The van der Waals surface area contributed by atoms with E-state index in [-0.39, 0.29) is 6.04 Å². The minimum atomic E-state index is -0.548. The second-order valence-corrected chi connectivity index (χ2v) is 7.24. The zero-order valence-corrected chi connectivity index (χ0v) is 14.6. The van der Waals surface area contributed by atoms with Gasteiger partial charge >= 0.3 is 11.8 Å². The molecule has 0 bridgehead atoms. The van der Waals surface area contributed by atoms with Crippen LogP contribution >= 0.6 is 0 Å². The van der Waals surface area contributed by atoms with Gasteiger partial charge in [-0.2, -0.15) is 0 Å². The molecule has 1 heterocycles. The van der Waals surface area contributed by atoms with Crippen LogP contribution in [0.5, 0.6) is 0 Å². The first-order valence-corrected chi connectivity index (χ1v) is 8.07. The van der Waals surface area contributed by atoms with Crippen LogP contribution in [0.15, 0.2) is 0 Å². The quantitative estimate of drug-likeness (QED) is 0.586. The van der Waals surface area contributed by atoms with E-state index in [1.54, 1.807) is 4.90 Å². The van der Waals surface area contributed by atoms with Crippen molar-refractivity contribution in [3.8, 4) is 0 Å². The molecular formula is C16H31N3O3. The minimum absolute atomic E-state index is 0.0447. The second-order valence-electron chi connectivity index (χ2n) is 7.24. The molecule has 6 heteroatoms. The molecule has 0 radical (unpaired) electrons. The zero-order valence-electron chi connectivity index (χ0n) is 14.6. The topological polar surface area (TPSA) is 84.7 Å². The lowest BCUT2D eigenvalue weighted by Gasteiger charge is -2.54. The molecule has 128 valence electrons. The van der Waals surface area contributed by atoms with E-state index in [1.165, 1.54) is 0 Å². The maximum absolute atomic E-state index is 12.6.